The highest BCUT2D eigenvalue weighted by molar-refractivity contribution is 7.88. The lowest BCUT2D eigenvalue weighted by Gasteiger charge is -2.39. The number of rotatable bonds is 20. The predicted octanol–water partition coefficient (Wildman–Crippen LogP) is 10.3. The van der Waals surface area contributed by atoms with Crippen molar-refractivity contribution in [3.8, 4) is 5.75 Å². The van der Waals surface area contributed by atoms with Gasteiger partial charge in [0.1, 0.15) is 18.0 Å². The summed E-state index contributed by atoms with van der Waals surface area (Å²) in [6.07, 6.45) is 4.72. The number of ether oxygens (including phenoxy) is 3. The van der Waals surface area contributed by atoms with Crippen LogP contribution in [0.15, 0.2) is 48.5 Å². The number of para-hydroxylation sites is 1. The highest BCUT2D eigenvalue weighted by atomic mass is 32.2. The number of Topliss-reactive ketones (excluding diaryl/α,β-unsaturated/α-hetero) is 1. The highest BCUT2D eigenvalue weighted by Crippen LogP contribution is 2.52. The third-order valence-corrected chi connectivity index (χ3v) is 15.1. The monoisotopic (exact) mass is 959 g/mol. The molecule has 3 aliphatic rings. The lowest BCUT2D eigenvalue weighted by molar-refractivity contribution is -0.259. The summed E-state index contributed by atoms with van der Waals surface area (Å²) in [5.74, 6) is -3.01. The van der Waals surface area contributed by atoms with Crippen molar-refractivity contribution in [2.24, 2.45) is 28.6 Å². The summed E-state index contributed by atoms with van der Waals surface area (Å²) in [5, 5.41) is 6.27. The van der Waals surface area contributed by atoms with Gasteiger partial charge in [0.2, 0.25) is 0 Å². The van der Waals surface area contributed by atoms with Gasteiger partial charge in [0.05, 0.1) is 30.6 Å². The number of alkyl halides is 5. The van der Waals surface area contributed by atoms with Crippen LogP contribution in [0.5, 0.6) is 5.75 Å². The fraction of sp³-hybridized carbons (Fsp3) is 0.667. The standard InChI is InChI=1S/C37H49F2NO10S.C11H17F3O/c1-8-25(22-35(5,24-34(3,4)32(43)48-7)33(44)50-36(9-2)20-12-13-21-36)26-16-18-27(19-17-26)40-31(42)37(38,39)51(45,46)49-23-29(41)28-14-10-11-15-30(28)47-6;1-10(15,11(12,13)14)6-9-5-7-2-3-8(9)4-7/h10-11,14-19,25H,8-9,12-13,20-24H2,1-7H3,(H,40,42);7-9,15H,2-6H2,1H3. The topological polar surface area (TPSA) is 172 Å². The van der Waals surface area contributed by atoms with E-state index < -0.39 is 73.8 Å². The first-order valence-corrected chi connectivity index (χ1v) is 24.0. The van der Waals surface area contributed by atoms with Crippen molar-refractivity contribution in [1.82, 2.24) is 0 Å². The molecule has 2 bridgehead atoms. The molecule has 1 amide bonds. The molecule has 0 radical (unpaired) electrons. The Morgan fingerprint density at radius 1 is 0.879 bits per heavy atom. The lowest BCUT2D eigenvalue weighted by Crippen LogP contribution is -2.44. The van der Waals surface area contributed by atoms with E-state index in [1.807, 2.05) is 19.2 Å². The van der Waals surface area contributed by atoms with E-state index in [-0.39, 0.29) is 48.1 Å². The first-order valence-electron chi connectivity index (χ1n) is 22.5. The van der Waals surface area contributed by atoms with Crippen molar-refractivity contribution >= 4 is 39.4 Å². The first kappa shape index (κ1) is 54.4. The van der Waals surface area contributed by atoms with Crippen molar-refractivity contribution in [2.45, 2.75) is 154 Å². The highest BCUT2D eigenvalue weighted by Gasteiger charge is 2.55. The van der Waals surface area contributed by atoms with Crippen LogP contribution in [0.3, 0.4) is 0 Å². The molecule has 3 saturated carbocycles. The Bertz CT molecular complexity index is 2120. The van der Waals surface area contributed by atoms with Crippen LogP contribution in [-0.2, 0) is 38.2 Å². The average molecular weight is 960 g/mol. The van der Waals surface area contributed by atoms with Gasteiger partial charge in [0, 0.05) is 5.69 Å². The van der Waals surface area contributed by atoms with Gasteiger partial charge in [0.15, 0.2) is 11.4 Å². The molecular weight excluding hydrogens is 894 g/mol. The van der Waals surface area contributed by atoms with E-state index in [2.05, 4.69) is 4.18 Å². The summed E-state index contributed by atoms with van der Waals surface area (Å²) in [5.41, 5.74) is -4.67. The Balaban J connectivity index is 0.000000531. The van der Waals surface area contributed by atoms with E-state index in [0.717, 1.165) is 51.9 Å². The average Bonchev–Trinajstić information content (AvgIpc) is 4.03. The minimum Gasteiger partial charge on any atom is -0.496 e. The van der Waals surface area contributed by atoms with E-state index in [0.29, 0.717) is 30.2 Å². The molecule has 0 aliphatic heterocycles. The molecule has 370 valence electrons. The number of esters is 2. The van der Waals surface area contributed by atoms with E-state index in [9.17, 15) is 54.7 Å². The lowest BCUT2D eigenvalue weighted by atomic mass is 9.68. The number of halogens is 5. The molecule has 5 rings (SSSR count). The van der Waals surface area contributed by atoms with Crippen molar-refractivity contribution in [3.63, 3.8) is 0 Å². The van der Waals surface area contributed by atoms with E-state index in [1.54, 1.807) is 39.0 Å². The van der Waals surface area contributed by atoms with Gasteiger partial charge in [-0.3, -0.25) is 23.4 Å². The molecule has 18 heteroatoms. The van der Waals surface area contributed by atoms with Crippen LogP contribution in [0.4, 0.5) is 27.6 Å². The Labute approximate surface area is 385 Å². The number of anilines is 1. The van der Waals surface area contributed by atoms with Crippen molar-refractivity contribution in [3.05, 3.63) is 59.7 Å². The Kier molecular flexibility index (Phi) is 17.7. The number of hydrogen-bond acceptors (Lipinski definition) is 11. The van der Waals surface area contributed by atoms with Crippen LogP contribution < -0.4 is 10.1 Å². The van der Waals surface area contributed by atoms with Crippen molar-refractivity contribution in [2.75, 3.05) is 26.1 Å². The fourth-order valence-corrected chi connectivity index (χ4v) is 10.7. The normalized spacial score (nSPS) is 21.6. The third-order valence-electron chi connectivity index (χ3n) is 13.8. The maximum atomic E-state index is 14.9. The van der Waals surface area contributed by atoms with Crippen molar-refractivity contribution < 1.29 is 73.0 Å². The largest absolute Gasteiger partial charge is 0.496 e. The van der Waals surface area contributed by atoms with Crippen LogP contribution in [0.2, 0.25) is 0 Å². The van der Waals surface area contributed by atoms with E-state index in [1.165, 1.54) is 51.0 Å². The summed E-state index contributed by atoms with van der Waals surface area (Å²) in [6.45, 7) is 8.75. The number of carbonyl (C=O) groups excluding carboxylic acids is 4. The number of aliphatic hydroxyl groups is 1. The molecule has 2 N–H and O–H groups in total. The minimum absolute atomic E-state index is 0.0837. The van der Waals surface area contributed by atoms with Gasteiger partial charge in [-0.15, -0.1) is 0 Å². The predicted molar refractivity (Wildman–Crippen MR) is 236 cm³/mol. The number of carbonyl (C=O) groups is 4. The number of nitrogens with one attached hydrogen (secondary N) is 1. The molecule has 3 fully saturated rings. The SMILES string of the molecule is CC(O)(CC1CC2CCC1C2)C(F)(F)F.CCC(CC(C)(CC(C)(C)C(=O)OC)C(=O)OC1(CC)CCCC1)c1ccc(NC(=O)C(F)(F)S(=O)(=O)OCC(=O)c2ccccc2OC)cc1. The molecule has 0 spiro atoms. The van der Waals surface area contributed by atoms with E-state index in [4.69, 9.17) is 14.2 Å². The van der Waals surface area contributed by atoms with Crippen LogP contribution in [0.1, 0.15) is 147 Å². The number of amides is 1. The van der Waals surface area contributed by atoms with Crippen LogP contribution >= 0.6 is 0 Å². The van der Waals surface area contributed by atoms with Crippen LogP contribution in [0.25, 0.3) is 0 Å². The Morgan fingerprint density at radius 3 is 2.02 bits per heavy atom. The summed E-state index contributed by atoms with van der Waals surface area (Å²) >= 11 is 0. The van der Waals surface area contributed by atoms with Gasteiger partial charge in [-0.05, 0) is 158 Å². The summed E-state index contributed by atoms with van der Waals surface area (Å²) in [6, 6.07) is 11.6. The molecule has 12 nitrogen and oxygen atoms in total. The summed E-state index contributed by atoms with van der Waals surface area (Å²) in [7, 11) is -3.31. The Hall–Kier alpha value is -4.16. The fourth-order valence-electron chi connectivity index (χ4n) is 10.0. The molecule has 3 aliphatic carbocycles. The maximum Gasteiger partial charge on any atom is 0.447 e. The minimum atomic E-state index is -5.88. The zero-order valence-electron chi connectivity index (χ0n) is 39.2. The number of benzene rings is 2. The molecule has 0 saturated heterocycles. The van der Waals surface area contributed by atoms with Gasteiger partial charge in [-0.25, -0.2) is 0 Å². The molecule has 2 aromatic rings. The number of methoxy groups -OCH3 is 2. The molecule has 0 aromatic heterocycles. The quantitative estimate of drug-likeness (QED) is 0.0560. The first-order chi connectivity index (χ1) is 30.6. The zero-order chi connectivity index (χ0) is 49.5. The second-order valence-electron chi connectivity index (χ2n) is 19.4. The summed E-state index contributed by atoms with van der Waals surface area (Å²) in [4.78, 5) is 51.7. The molecule has 2 aromatic carbocycles. The van der Waals surface area contributed by atoms with Gasteiger partial charge in [-0.2, -0.15) is 30.4 Å². The second kappa shape index (κ2) is 21.4. The van der Waals surface area contributed by atoms with Gasteiger partial charge in [-0.1, -0.05) is 44.5 Å². The molecular formula is C48H66F5NO11S. The van der Waals surface area contributed by atoms with Crippen molar-refractivity contribution in [1.29, 1.82) is 0 Å². The third kappa shape index (κ3) is 12.9. The molecule has 6 unspecified atom stereocenters. The molecule has 66 heavy (non-hydrogen) atoms. The second-order valence-corrected chi connectivity index (χ2v) is 21.1. The Morgan fingerprint density at radius 2 is 1.50 bits per heavy atom. The van der Waals surface area contributed by atoms with Gasteiger partial charge < -0.3 is 24.6 Å². The smallest absolute Gasteiger partial charge is 0.447 e. The number of ketones is 1. The zero-order valence-corrected chi connectivity index (χ0v) is 40.0. The van der Waals surface area contributed by atoms with Crippen LogP contribution in [0, 0.1) is 28.6 Å². The molecule has 0 heterocycles. The maximum absolute atomic E-state index is 14.9. The number of fused-ring (bicyclic) bond motifs is 2. The van der Waals surface area contributed by atoms with Gasteiger partial charge in [0.25, 0.3) is 0 Å². The molecule has 6 atom stereocenters. The van der Waals surface area contributed by atoms with Gasteiger partial charge >= 0.3 is 39.4 Å². The summed E-state index contributed by atoms with van der Waals surface area (Å²) < 4.78 is 113. The van der Waals surface area contributed by atoms with E-state index >= 15 is 0 Å². The number of hydrogen-bond donors (Lipinski definition) is 2. The van der Waals surface area contributed by atoms with Crippen LogP contribution in [-0.4, -0.2) is 80.6 Å².